The molecule has 0 atom stereocenters. The van der Waals surface area contributed by atoms with Crippen molar-refractivity contribution in [2.24, 2.45) is 0 Å². The van der Waals surface area contributed by atoms with Crippen molar-refractivity contribution in [1.82, 2.24) is 19.9 Å². The van der Waals surface area contributed by atoms with Crippen molar-refractivity contribution in [2.45, 2.75) is 12.7 Å². The van der Waals surface area contributed by atoms with Crippen LogP contribution >= 0.6 is 0 Å². The average molecular weight is 458 g/mol. The van der Waals surface area contributed by atoms with E-state index in [4.69, 9.17) is 14.5 Å². The first-order chi connectivity index (χ1) is 16.7. The molecule has 172 valence electrons. The SMILES string of the molecule is C=C1COC(c2nc(-c3ccc(F)cc3)c(-c3ccnc(NCCc4ccccc4)n3)[nH]2)OC1. The molecule has 2 aromatic heterocycles. The molecule has 0 aliphatic carbocycles. The Balaban J connectivity index is 1.42. The van der Waals surface area contributed by atoms with E-state index in [0.717, 1.165) is 17.6 Å². The molecule has 7 nitrogen and oxygen atoms in total. The van der Waals surface area contributed by atoms with Crippen LogP contribution in [0.25, 0.3) is 22.6 Å². The van der Waals surface area contributed by atoms with Gasteiger partial charge in [0.15, 0.2) is 5.82 Å². The van der Waals surface area contributed by atoms with E-state index in [9.17, 15) is 4.39 Å². The van der Waals surface area contributed by atoms with Crippen LogP contribution in [0.1, 0.15) is 17.7 Å². The minimum Gasteiger partial charge on any atom is -0.354 e. The maximum Gasteiger partial charge on any atom is 0.223 e. The van der Waals surface area contributed by atoms with Crippen molar-refractivity contribution in [2.75, 3.05) is 25.1 Å². The molecule has 3 heterocycles. The van der Waals surface area contributed by atoms with E-state index in [1.807, 2.05) is 18.2 Å². The lowest BCUT2D eigenvalue weighted by molar-refractivity contribution is -0.165. The van der Waals surface area contributed by atoms with Gasteiger partial charge in [-0.25, -0.2) is 19.3 Å². The molecule has 0 radical (unpaired) electrons. The predicted octanol–water partition coefficient (Wildman–Crippen LogP) is 4.93. The second-order valence-electron chi connectivity index (χ2n) is 7.98. The molecule has 0 amide bonds. The van der Waals surface area contributed by atoms with Crippen molar-refractivity contribution >= 4 is 5.95 Å². The molecule has 1 aliphatic rings. The Bertz CT molecular complexity index is 1260. The van der Waals surface area contributed by atoms with E-state index in [2.05, 4.69) is 39.0 Å². The van der Waals surface area contributed by atoms with Gasteiger partial charge in [-0.05, 0) is 47.9 Å². The molecule has 34 heavy (non-hydrogen) atoms. The van der Waals surface area contributed by atoms with Gasteiger partial charge in [0.2, 0.25) is 12.2 Å². The molecule has 0 spiro atoms. The van der Waals surface area contributed by atoms with Crippen LogP contribution in [0.15, 0.2) is 79.0 Å². The highest BCUT2D eigenvalue weighted by Gasteiger charge is 2.25. The van der Waals surface area contributed by atoms with Crippen LogP contribution in [0.2, 0.25) is 0 Å². The van der Waals surface area contributed by atoms with Gasteiger partial charge in [0, 0.05) is 18.3 Å². The van der Waals surface area contributed by atoms with Crippen LogP contribution in [-0.4, -0.2) is 39.7 Å². The summed E-state index contributed by atoms with van der Waals surface area (Å²) in [5.41, 5.74) is 4.79. The molecule has 4 aromatic rings. The van der Waals surface area contributed by atoms with E-state index >= 15 is 0 Å². The van der Waals surface area contributed by atoms with Crippen molar-refractivity contribution in [3.8, 4) is 22.6 Å². The third-order valence-corrected chi connectivity index (χ3v) is 5.39. The highest BCUT2D eigenvalue weighted by molar-refractivity contribution is 5.77. The molecule has 1 fully saturated rings. The number of halogens is 1. The maximum atomic E-state index is 13.5. The van der Waals surface area contributed by atoms with Gasteiger partial charge in [0.25, 0.3) is 0 Å². The van der Waals surface area contributed by atoms with Gasteiger partial charge in [-0.1, -0.05) is 36.9 Å². The largest absolute Gasteiger partial charge is 0.354 e. The Hall–Kier alpha value is -3.88. The van der Waals surface area contributed by atoms with Crippen LogP contribution in [0.3, 0.4) is 0 Å². The smallest absolute Gasteiger partial charge is 0.223 e. The van der Waals surface area contributed by atoms with E-state index in [0.29, 0.717) is 48.6 Å². The van der Waals surface area contributed by atoms with Crippen LogP contribution in [-0.2, 0) is 15.9 Å². The summed E-state index contributed by atoms with van der Waals surface area (Å²) in [5, 5.41) is 3.28. The van der Waals surface area contributed by atoms with Gasteiger partial charge < -0.3 is 19.8 Å². The third-order valence-electron chi connectivity index (χ3n) is 5.39. The van der Waals surface area contributed by atoms with Crippen molar-refractivity contribution < 1.29 is 13.9 Å². The maximum absolute atomic E-state index is 13.5. The van der Waals surface area contributed by atoms with E-state index in [1.54, 1.807) is 24.4 Å². The Morgan fingerprint density at radius 1 is 1.00 bits per heavy atom. The lowest BCUT2D eigenvalue weighted by Crippen LogP contribution is -2.20. The number of aromatic amines is 1. The minimum atomic E-state index is -0.649. The van der Waals surface area contributed by atoms with Crippen molar-refractivity contribution in [3.05, 3.63) is 96.2 Å². The van der Waals surface area contributed by atoms with Gasteiger partial charge in [-0.2, -0.15) is 0 Å². The molecule has 2 N–H and O–H groups in total. The fourth-order valence-corrected chi connectivity index (χ4v) is 3.69. The molecular weight excluding hydrogens is 433 g/mol. The van der Waals surface area contributed by atoms with E-state index < -0.39 is 6.29 Å². The number of ether oxygens (including phenoxy) is 2. The zero-order valence-electron chi connectivity index (χ0n) is 18.5. The zero-order chi connectivity index (χ0) is 23.3. The van der Waals surface area contributed by atoms with Gasteiger partial charge in [0.05, 0.1) is 30.3 Å². The summed E-state index contributed by atoms with van der Waals surface area (Å²) >= 11 is 0. The van der Waals surface area contributed by atoms with Gasteiger partial charge in [0.1, 0.15) is 5.82 Å². The van der Waals surface area contributed by atoms with Crippen LogP contribution < -0.4 is 5.32 Å². The lowest BCUT2D eigenvalue weighted by atomic mass is 10.1. The van der Waals surface area contributed by atoms with E-state index in [-0.39, 0.29) is 5.82 Å². The Morgan fingerprint density at radius 2 is 1.76 bits per heavy atom. The standard InChI is InChI=1S/C26H24FN5O2/c1-17-15-33-25(34-16-17)24-31-22(19-7-9-20(27)10-8-19)23(32-24)21-12-14-29-26(30-21)28-13-11-18-5-3-2-4-6-18/h2-10,12,14,25H,1,11,13,15-16H2,(H,31,32)(H,28,29,30). The number of nitrogens with zero attached hydrogens (tertiary/aromatic N) is 3. The third kappa shape index (κ3) is 5.03. The number of hydrogen-bond acceptors (Lipinski definition) is 6. The molecular formula is C26H24FN5O2. The van der Waals surface area contributed by atoms with Crippen molar-refractivity contribution in [3.63, 3.8) is 0 Å². The minimum absolute atomic E-state index is 0.314. The molecule has 1 aliphatic heterocycles. The van der Waals surface area contributed by atoms with Crippen LogP contribution in [0.4, 0.5) is 10.3 Å². The van der Waals surface area contributed by atoms with Crippen LogP contribution in [0, 0.1) is 5.82 Å². The highest BCUT2D eigenvalue weighted by atomic mass is 19.1. The number of nitrogens with one attached hydrogen (secondary N) is 2. The first kappa shape index (κ1) is 21.9. The fraction of sp³-hybridized carbons (Fsp3) is 0.192. The summed E-state index contributed by atoms with van der Waals surface area (Å²) in [4.78, 5) is 17.1. The molecule has 8 heteroatoms. The fourth-order valence-electron chi connectivity index (χ4n) is 3.69. The highest BCUT2D eigenvalue weighted by Crippen LogP contribution is 2.33. The van der Waals surface area contributed by atoms with Gasteiger partial charge in [-0.15, -0.1) is 0 Å². The van der Waals surface area contributed by atoms with E-state index in [1.165, 1.54) is 17.7 Å². The molecule has 1 saturated heterocycles. The summed E-state index contributed by atoms with van der Waals surface area (Å²) in [6.45, 7) is 5.37. The average Bonchev–Trinajstić information content (AvgIpc) is 3.31. The molecule has 5 rings (SSSR count). The quantitative estimate of drug-likeness (QED) is 0.383. The number of imidazole rings is 1. The topological polar surface area (TPSA) is 85.0 Å². The molecule has 2 aromatic carbocycles. The molecule has 0 bridgehead atoms. The number of anilines is 1. The predicted molar refractivity (Wildman–Crippen MR) is 127 cm³/mol. The monoisotopic (exact) mass is 457 g/mol. The first-order valence-corrected chi connectivity index (χ1v) is 11.0. The normalized spacial score (nSPS) is 14.3. The van der Waals surface area contributed by atoms with Gasteiger partial charge in [-0.3, -0.25) is 0 Å². The number of hydrogen-bond donors (Lipinski definition) is 2. The lowest BCUT2D eigenvalue weighted by Gasteiger charge is -2.22. The second-order valence-corrected chi connectivity index (χ2v) is 7.98. The van der Waals surface area contributed by atoms with Crippen LogP contribution in [0.5, 0.6) is 0 Å². The first-order valence-electron chi connectivity index (χ1n) is 11.0. The number of rotatable bonds is 7. The Kier molecular flexibility index (Phi) is 6.42. The molecule has 0 saturated carbocycles. The zero-order valence-corrected chi connectivity index (χ0v) is 18.5. The second kappa shape index (κ2) is 9.94. The summed E-state index contributed by atoms with van der Waals surface area (Å²) in [6.07, 6.45) is 1.90. The molecule has 0 unspecified atom stereocenters. The Morgan fingerprint density at radius 3 is 2.53 bits per heavy atom. The number of aromatic nitrogens is 4. The van der Waals surface area contributed by atoms with Gasteiger partial charge >= 0.3 is 0 Å². The van der Waals surface area contributed by atoms with Crippen molar-refractivity contribution in [1.29, 1.82) is 0 Å². The number of H-pyrrole nitrogens is 1. The summed E-state index contributed by atoms with van der Waals surface area (Å²) < 4.78 is 25.0. The Labute approximate surface area is 196 Å². The number of benzene rings is 2. The summed E-state index contributed by atoms with van der Waals surface area (Å²) in [5.74, 6) is 0.709. The summed E-state index contributed by atoms with van der Waals surface area (Å²) in [7, 11) is 0. The summed E-state index contributed by atoms with van der Waals surface area (Å²) in [6, 6.07) is 18.2.